The molecule has 0 spiro atoms. The number of hydrogen-bond donors (Lipinski definition) is 4. The molecule has 1 rings (SSSR count). The summed E-state index contributed by atoms with van der Waals surface area (Å²) in [6, 6.07) is 5.79. The van der Waals surface area contributed by atoms with E-state index in [1.165, 1.54) is 6.07 Å². The van der Waals surface area contributed by atoms with Crippen LogP contribution in [0.1, 0.15) is 0 Å². The molecule has 0 unspecified atom stereocenters. The summed E-state index contributed by atoms with van der Waals surface area (Å²) >= 11 is 0. The number of nitrogens with one attached hydrogen (secondary N) is 2. The van der Waals surface area contributed by atoms with Gasteiger partial charge in [0.15, 0.2) is 0 Å². The summed E-state index contributed by atoms with van der Waals surface area (Å²) < 4.78 is 0. The molecule has 0 aliphatic heterocycles. The zero-order valence-electron chi connectivity index (χ0n) is 6.65. The van der Waals surface area contributed by atoms with Crippen molar-refractivity contribution in [2.75, 3.05) is 5.32 Å². The van der Waals surface area contributed by atoms with Crippen LogP contribution in [0.4, 0.5) is 10.5 Å². The Morgan fingerprint density at radius 2 is 2.00 bits per heavy atom. The van der Waals surface area contributed by atoms with Gasteiger partial charge in [-0.3, -0.25) is 5.43 Å². The maximum Gasteiger partial charge on any atom is 0.333 e. The molecule has 72 valence electrons. The number of para-hydroxylation sites is 2. The zero-order chi connectivity index (χ0) is 8.97. The third kappa shape index (κ3) is 3.18. The molecule has 5 N–H and O–H groups in total. The van der Waals surface area contributed by atoms with Gasteiger partial charge in [0.25, 0.3) is 0 Å². The Kier molecular flexibility index (Phi) is 4.64. The van der Waals surface area contributed by atoms with Gasteiger partial charge in [-0.05, 0) is 12.1 Å². The van der Waals surface area contributed by atoms with Gasteiger partial charge in [0, 0.05) is 0 Å². The highest BCUT2D eigenvalue weighted by Gasteiger charge is 2.01. The molecule has 0 radical (unpaired) electrons. The van der Waals surface area contributed by atoms with E-state index < -0.39 is 6.03 Å². The van der Waals surface area contributed by atoms with Crippen LogP contribution in [0.25, 0.3) is 0 Å². The van der Waals surface area contributed by atoms with E-state index in [1.807, 2.05) is 5.43 Å². The van der Waals surface area contributed by atoms with Gasteiger partial charge in [0.1, 0.15) is 5.75 Å². The number of phenols is 1. The lowest BCUT2D eigenvalue weighted by Gasteiger charge is -2.04. The van der Waals surface area contributed by atoms with Gasteiger partial charge in [0.2, 0.25) is 0 Å². The van der Waals surface area contributed by atoms with Crippen molar-refractivity contribution in [1.82, 2.24) is 5.43 Å². The van der Waals surface area contributed by atoms with Gasteiger partial charge < -0.3 is 10.4 Å². The first-order valence-electron chi connectivity index (χ1n) is 3.29. The van der Waals surface area contributed by atoms with Crippen LogP contribution in [0.3, 0.4) is 0 Å². The number of carbonyl (C=O) groups is 1. The zero-order valence-corrected chi connectivity index (χ0v) is 7.47. The second kappa shape index (κ2) is 5.23. The molecule has 13 heavy (non-hydrogen) atoms. The molecule has 0 saturated carbocycles. The van der Waals surface area contributed by atoms with Crippen molar-refractivity contribution in [3.8, 4) is 5.75 Å². The molecular formula is C7H10ClN3O2. The number of urea groups is 1. The number of halogens is 1. The van der Waals surface area contributed by atoms with Crippen molar-refractivity contribution in [3.63, 3.8) is 0 Å². The van der Waals surface area contributed by atoms with Gasteiger partial charge in [-0.15, -0.1) is 12.4 Å². The Balaban J connectivity index is 0.00000144. The van der Waals surface area contributed by atoms with Crippen LogP contribution in [0, 0.1) is 0 Å². The van der Waals surface area contributed by atoms with Crippen LogP contribution in [0.15, 0.2) is 24.3 Å². The highest BCUT2D eigenvalue weighted by atomic mass is 35.5. The highest BCUT2D eigenvalue weighted by Crippen LogP contribution is 2.20. The smallest absolute Gasteiger partial charge is 0.333 e. The molecule has 0 heterocycles. The maximum atomic E-state index is 10.7. The topological polar surface area (TPSA) is 87.4 Å². The number of nitrogens with two attached hydrogens (primary N) is 1. The number of amides is 2. The van der Waals surface area contributed by atoms with Crippen LogP contribution in [0.2, 0.25) is 0 Å². The minimum Gasteiger partial charge on any atom is -0.506 e. The molecule has 0 aliphatic carbocycles. The molecule has 0 aromatic heterocycles. The lowest BCUT2D eigenvalue weighted by atomic mass is 10.3. The Hall–Kier alpha value is -1.46. The third-order valence-electron chi connectivity index (χ3n) is 1.28. The number of rotatable bonds is 1. The van der Waals surface area contributed by atoms with Crippen molar-refractivity contribution in [2.24, 2.45) is 5.84 Å². The van der Waals surface area contributed by atoms with Crippen LogP contribution in [0.5, 0.6) is 5.75 Å². The predicted molar refractivity (Wildman–Crippen MR) is 51.7 cm³/mol. The average molecular weight is 204 g/mol. The minimum absolute atomic E-state index is 0. The number of benzene rings is 1. The Labute approximate surface area is 81.3 Å². The fourth-order valence-corrected chi connectivity index (χ4v) is 0.738. The molecule has 0 fully saturated rings. The molecule has 1 aromatic carbocycles. The average Bonchev–Trinajstić information content (AvgIpc) is 2.09. The monoisotopic (exact) mass is 203 g/mol. The lowest BCUT2D eigenvalue weighted by Crippen LogP contribution is -2.34. The van der Waals surface area contributed by atoms with E-state index in [4.69, 9.17) is 5.84 Å². The van der Waals surface area contributed by atoms with Crippen LogP contribution < -0.4 is 16.6 Å². The summed E-state index contributed by atoms with van der Waals surface area (Å²) in [5.74, 6) is 4.83. The van der Waals surface area contributed by atoms with E-state index in [0.29, 0.717) is 5.69 Å². The first kappa shape index (κ1) is 11.5. The second-order valence-electron chi connectivity index (χ2n) is 2.12. The number of hydrogen-bond acceptors (Lipinski definition) is 3. The first-order chi connectivity index (χ1) is 5.74. The Bertz CT molecular complexity index is 293. The fraction of sp³-hybridized carbons (Fsp3) is 0. The molecule has 6 heteroatoms. The Morgan fingerprint density at radius 1 is 1.38 bits per heavy atom. The number of aromatic hydroxyl groups is 1. The molecule has 2 amide bonds. The molecule has 0 saturated heterocycles. The Morgan fingerprint density at radius 3 is 2.54 bits per heavy atom. The highest BCUT2D eigenvalue weighted by molar-refractivity contribution is 5.90. The van der Waals surface area contributed by atoms with Crippen LogP contribution in [-0.2, 0) is 0 Å². The van der Waals surface area contributed by atoms with E-state index in [9.17, 15) is 9.90 Å². The summed E-state index contributed by atoms with van der Waals surface area (Å²) in [4.78, 5) is 10.7. The van der Waals surface area contributed by atoms with E-state index >= 15 is 0 Å². The molecule has 1 aromatic rings. The number of phenolic OH excluding ortho intramolecular Hbond substituents is 1. The number of anilines is 1. The molecular weight excluding hydrogens is 194 g/mol. The van der Waals surface area contributed by atoms with Gasteiger partial charge in [0.05, 0.1) is 5.69 Å². The normalized spacial score (nSPS) is 8.38. The summed E-state index contributed by atoms with van der Waals surface area (Å²) in [6.45, 7) is 0. The standard InChI is InChI=1S/C7H9N3O2.ClH/c8-10-7(12)9-5-3-1-2-4-6(5)11;/h1-4,11H,8H2,(H2,9,10,12);1H. The number of carbonyl (C=O) groups excluding carboxylic acids is 1. The third-order valence-corrected chi connectivity index (χ3v) is 1.28. The molecule has 0 aliphatic rings. The second-order valence-corrected chi connectivity index (χ2v) is 2.12. The fourth-order valence-electron chi connectivity index (χ4n) is 0.738. The summed E-state index contributed by atoms with van der Waals surface area (Å²) in [6.07, 6.45) is 0. The number of hydrazine groups is 1. The van der Waals surface area contributed by atoms with E-state index in [1.54, 1.807) is 18.2 Å². The lowest BCUT2D eigenvalue weighted by molar-refractivity contribution is 0.252. The quantitative estimate of drug-likeness (QED) is 0.236. The van der Waals surface area contributed by atoms with Crippen molar-refractivity contribution in [1.29, 1.82) is 0 Å². The SMILES string of the molecule is Cl.NNC(=O)Nc1ccccc1O. The van der Waals surface area contributed by atoms with Crippen molar-refractivity contribution < 1.29 is 9.90 Å². The van der Waals surface area contributed by atoms with Gasteiger partial charge in [-0.1, -0.05) is 12.1 Å². The van der Waals surface area contributed by atoms with E-state index in [2.05, 4.69) is 5.32 Å². The van der Waals surface area contributed by atoms with Gasteiger partial charge in [-0.2, -0.15) is 0 Å². The minimum atomic E-state index is -0.573. The maximum absolute atomic E-state index is 10.7. The summed E-state index contributed by atoms with van der Waals surface area (Å²) in [5.41, 5.74) is 2.20. The first-order valence-corrected chi connectivity index (χ1v) is 3.29. The van der Waals surface area contributed by atoms with Gasteiger partial charge in [-0.25, -0.2) is 10.6 Å². The van der Waals surface area contributed by atoms with Crippen molar-refractivity contribution >= 4 is 24.1 Å². The van der Waals surface area contributed by atoms with Crippen LogP contribution in [-0.4, -0.2) is 11.1 Å². The largest absolute Gasteiger partial charge is 0.506 e. The van der Waals surface area contributed by atoms with E-state index in [-0.39, 0.29) is 18.2 Å². The van der Waals surface area contributed by atoms with Crippen molar-refractivity contribution in [3.05, 3.63) is 24.3 Å². The van der Waals surface area contributed by atoms with Crippen LogP contribution >= 0.6 is 12.4 Å². The predicted octanol–water partition coefficient (Wildman–Crippen LogP) is 0.809. The summed E-state index contributed by atoms with van der Waals surface area (Å²) in [7, 11) is 0. The molecule has 5 nitrogen and oxygen atoms in total. The molecule has 0 atom stereocenters. The van der Waals surface area contributed by atoms with E-state index in [0.717, 1.165) is 0 Å². The van der Waals surface area contributed by atoms with Crippen molar-refractivity contribution in [2.45, 2.75) is 0 Å². The van der Waals surface area contributed by atoms with Gasteiger partial charge >= 0.3 is 6.03 Å². The molecule has 0 bridgehead atoms. The summed E-state index contributed by atoms with van der Waals surface area (Å²) in [5, 5.41) is 11.5.